The van der Waals surface area contributed by atoms with Gasteiger partial charge < -0.3 is 19.4 Å². The SMILES string of the molecule is Cc1cc(OP(=O)([O-])O)cc(C)c1Cc1ccc(O)c(C(C)C)c1. The first kappa shape index (κ1) is 18.5. The van der Waals surface area contributed by atoms with Crippen molar-refractivity contribution in [3.63, 3.8) is 0 Å². The molecular formula is C18H22O5P-. The molecule has 5 nitrogen and oxygen atoms in total. The van der Waals surface area contributed by atoms with Gasteiger partial charge in [-0.05, 0) is 72.2 Å². The number of phosphoric ester groups is 1. The summed E-state index contributed by atoms with van der Waals surface area (Å²) in [4.78, 5) is 19.7. The van der Waals surface area contributed by atoms with Crippen molar-refractivity contribution in [2.45, 2.75) is 40.0 Å². The monoisotopic (exact) mass is 349 g/mol. The zero-order valence-electron chi connectivity index (χ0n) is 14.2. The van der Waals surface area contributed by atoms with Crippen LogP contribution in [0.15, 0.2) is 30.3 Å². The lowest BCUT2D eigenvalue weighted by atomic mass is 9.93. The largest absolute Gasteiger partial charge is 0.746 e. The molecule has 2 N–H and O–H groups in total. The number of aryl methyl sites for hydroxylation is 2. The lowest BCUT2D eigenvalue weighted by Crippen LogP contribution is -2.06. The summed E-state index contributed by atoms with van der Waals surface area (Å²) in [6, 6.07) is 8.75. The Kier molecular flexibility index (Phi) is 5.38. The van der Waals surface area contributed by atoms with Crippen molar-refractivity contribution in [1.82, 2.24) is 0 Å². The highest BCUT2D eigenvalue weighted by Crippen LogP contribution is 2.35. The molecule has 0 spiro atoms. The van der Waals surface area contributed by atoms with Crippen molar-refractivity contribution in [3.8, 4) is 11.5 Å². The third-order valence-corrected chi connectivity index (χ3v) is 4.43. The molecule has 0 aromatic heterocycles. The van der Waals surface area contributed by atoms with Crippen LogP contribution in [0.5, 0.6) is 11.5 Å². The second-order valence-electron chi connectivity index (χ2n) is 6.32. The lowest BCUT2D eigenvalue weighted by molar-refractivity contribution is -0.211. The predicted octanol–water partition coefficient (Wildman–Crippen LogP) is 3.56. The highest BCUT2D eigenvalue weighted by atomic mass is 31.2. The Morgan fingerprint density at radius 2 is 1.75 bits per heavy atom. The van der Waals surface area contributed by atoms with Gasteiger partial charge in [0.1, 0.15) is 11.5 Å². The van der Waals surface area contributed by atoms with E-state index in [0.29, 0.717) is 12.2 Å². The highest BCUT2D eigenvalue weighted by molar-refractivity contribution is 7.45. The van der Waals surface area contributed by atoms with Crippen molar-refractivity contribution in [1.29, 1.82) is 0 Å². The lowest BCUT2D eigenvalue weighted by Gasteiger charge is -2.19. The molecule has 2 aromatic carbocycles. The van der Waals surface area contributed by atoms with Gasteiger partial charge in [0, 0.05) is 0 Å². The number of hydrogen-bond acceptors (Lipinski definition) is 4. The average molecular weight is 349 g/mol. The first-order chi connectivity index (χ1) is 11.1. The molecule has 0 bridgehead atoms. The Hall–Kier alpha value is -1.81. The maximum Gasteiger partial charge on any atom is 0.317 e. The minimum absolute atomic E-state index is 0.100. The number of benzene rings is 2. The van der Waals surface area contributed by atoms with Gasteiger partial charge >= 0.3 is 7.82 Å². The van der Waals surface area contributed by atoms with Crippen LogP contribution in [0, 0.1) is 13.8 Å². The predicted molar refractivity (Wildman–Crippen MR) is 91.4 cm³/mol. The summed E-state index contributed by atoms with van der Waals surface area (Å²) in [5.74, 6) is 0.613. The van der Waals surface area contributed by atoms with E-state index in [0.717, 1.165) is 27.8 Å². The third-order valence-electron chi connectivity index (χ3n) is 3.99. The fourth-order valence-corrected chi connectivity index (χ4v) is 3.17. The third kappa shape index (κ3) is 4.60. The van der Waals surface area contributed by atoms with Gasteiger partial charge in [-0.3, -0.25) is 4.57 Å². The maximum absolute atomic E-state index is 10.9. The van der Waals surface area contributed by atoms with E-state index >= 15 is 0 Å². The number of rotatable bonds is 5. The first-order valence-electron chi connectivity index (χ1n) is 7.72. The molecule has 6 heteroatoms. The number of phosphoric acid groups is 1. The molecule has 0 aliphatic heterocycles. The summed E-state index contributed by atoms with van der Waals surface area (Å²) in [7, 11) is -4.81. The van der Waals surface area contributed by atoms with Crippen LogP contribution in [-0.4, -0.2) is 10.00 Å². The van der Waals surface area contributed by atoms with E-state index in [1.807, 2.05) is 39.8 Å². The van der Waals surface area contributed by atoms with Gasteiger partial charge in [-0.15, -0.1) is 0 Å². The number of aromatic hydroxyl groups is 1. The molecule has 0 aliphatic carbocycles. The van der Waals surface area contributed by atoms with Gasteiger partial charge in [0.2, 0.25) is 0 Å². The second kappa shape index (κ2) is 6.98. The van der Waals surface area contributed by atoms with Crippen LogP contribution in [0.25, 0.3) is 0 Å². The van der Waals surface area contributed by atoms with Gasteiger partial charge in [0.25, 0.3) is 0 Å². The van der Waals surface area contributed by atoms with Crippen LogP contribution in [0.3, 0.4) is 0 Å². The summed E-state index contributed by atoms with van der Waals surface area (Å²) in [6.07, 6.45) is 0.659. The van der Waals surface area contributed by atoms with Crippen LogP contribution < -0.4 is 9.42 Å². The summed E-state index contributed by atoms with van der Waals surface area (Å²) in [5.41, 5.74) is 4.76. The molecule has 2 rings (SSSR count). The topological polar surface area (TPSA) is 89.8 Å². The van der Waals surface area contributed by atoms with E-state index in [2.05, 4.69) is 4.52 Å². The fraction of sp³-hybridized carbons (Fsp3) is 0.333. The number of phenolic OH excluding ortho intramolecular Hbond substituents is 1. The van der Waals surface area contributed by atoms with Gasteiger partial charge in [0.05, 0.1) is 0 Å². The van der Waals surface area contributed by atoms with E-state index < -0.39 is 7.82 Å². The molecule has 24 heavy (non-hydrogen) atoms. The molecule has 0 aliphatic rings. The molecule has 1 unspecified atom stereocenters. The number of hydrogen-bond donors (Lipinski definition) is 2. The highest BCUT2D eigenvalue weighted by Gasteiger charge is 2.12. The Bertz CT molecular complexity index is 769. The van der Waals surface area contributed by atoms with Crippen molar-refractivity contribution in [2.75, 3.05) is 0 Å². The molecule has 0 heterocycles. The Labute approximate surface area is 142 Å². The van der Waals surface area contributed by atoms with E-state index in [-0.39, 0.29) is 11.7 Å². The van der Waals surface area contributed by atoms with Gasteiger partial charge in [-0.2, -0.15) is 0 Å². The van der Waals surface area contributed by atoms with Crippen molar-refractivity contribution in [3.05, 3.63) is 58.1 Å². The van der Waals surface area contributed by atoms with Gasteiger partial charge in [-0.1, -0.05) is 26.0 Å². The van der Waals surface area contributed by atoms with Crippen LogP contribution in [0.2, 0.25) is 0 Å². The van der Waals surface area contributed by atoms with Crippen molar-refractivity contribution >= 4 is 7.82 Å². The molecular weight excluding hydrogens is 327 g/mol. The Balaban J connectivity index is 2.34. The molecule has 0 fully saturated rings. The van der Waals surface area contributed by atoms with E-state index in [1.54, 1.807) is 18.2 Å². The Morgan fingerprint density at radius 1 is 1.17 bits per heavy atom. The molecule has 1 atom stereocenters. The van der Waals surface area contributed by atoms with Crippen LogP contribution in [-0.2, 0) is 11.0 Å². The van der Waals surface area contributed by atoms with Gasteiger partial charge in [-0.25, -0.2) is 0 Å². The minimum Gasteiger partial charge on any atom is -0.746 e. The van der Waals surface area contributed by atoms with Crippen LogP contribution in [0.1, 0.15) is 47.6 Å². The fourth-order valence-electron chi connectivity index (χ4n) is 2.80. The van der Waals surface area contributed by atoms with Crippen molar-refractivity contribution < 1.29 is 24.0 Å². The zero-order chi connectivity index (χ0) is 18.1. The average Bonchev–Trinajstić information content (AvgIpc) is 2.42. The molecule has 2 aromatic rings. The van der Waals surface area contributed by atoms with E-state index in [9.17, 15) is 14.6 Å². The summed E-state index contributed by atoms with van der Waals surface area (Å²) in [6.45, 7) is 7.78. The first-order valence-corrected chi connectivity index (χ1v) is 9.21. The molecule has 0 saturated heterocycles. The molecule has 0 saturated carbocycles. The number of phenols is 1. The van der Waals surface area contributed by atoms with Crippen molar-refractivity contribution in [2.24, 2.45) is 0 Å². The van der Waals surface area contributed by atoms with E-state index in [1.165, 1.54) is 0 Å². The smallest absolute Gasteiger partial charge is 0.317 e. The Morgan fingerprint density at radius 3 is 2.25 bits per heavy atom. The standard InChI is InChI=1S/C18H23O5P/c1-11(2)16-9-14(5-6-18(16)19)10-17-12(3)7-15(8-13(17)4)23-24(20,21)22/h5-9,11,19H,10H2,1-4H3,(H2,20,21,22)/p-1. The van der Waals surface area contributed by atoms with E-state index in [4.69, 9.17) is 4.89 Å². The molecule has 0 radical (unpaired) electrons. The van der Waals surface area contributed by atoms with Crippen LogP contribution >= 0.6 is 7.82 Å². The molecule has 0 amide bonds. The summed E-state index contributed by atoms with van der Waals surface area (Å²) < 4.78 is 15.4. The maximum atomic E-state index is 10.9. The van der Waals surface area contributed by atoms with Crippen LogP contribution in [0.4, 0.5) is 0 Å². The van der Waals surface area contributed by atoms with Gasteiger partial charge in [0.15, 0.2) is 0 Å². The second-order valence-corrected chi connectivity index (χ2v) is 7.44. The zero-order valence-corrected chi connectivity index (χ0v) is 15.1. The quantitative estimate of drug-likeness (QED) is 0.806. The summed E-state index contributed by atoms with van der Waals surface area (Å²) >= 11 is 0. The normalized spacial score (nSPS) is 13.8. The summed E-state index contributed by atoms with van der Waals surface area (Å²) in [5, 5.41) is 9.93. The minimum atomic E-state index is -4.81. The molecule has 130 valence electrons.